The monoisotopic (exact) mass is 443 g/mol. The van der Waals surface area contributed by atoms with Gasteiger partial charge in [-0.2, -0.15) is 5.10 Å². The lowest BCUT2D eigenvalue weighted by atomic mass is 10.0. The third-order valence-corrected chi connectivity index (χ3v) is 5.15. The Morgan fingerprint density at radius 2 is 1.65 bits per heavy atom. The largest absolute Gasteiger partial charge is 0.496 e. The number of hydrogen-bond donors (Lipinski definition) is 1. The number of methoxy groups -OCH3 is 3. The van der Waals surface area contributed by atoms with E-state index in [-0.39, 0.29) is 18.4 Å². The Balaban J connectivity index is 1.87. The van der Waals surface area contributed by atoms with Crippen LogP contribution in [0.3, 0.4) is 0 Å². The quantitative estimate of drug-likeness (QED) is 0.550. The van der Waals surface area contributed by atoms with Crippen molar-refractivity contribution in [1.29, 1.82) is 0 Å². The van der Waals surface area contributed by atoms with Crippen LogP contribution in [0.25, 0.3) is 5.69 Å². The number of nitrogens with one attached hydrogen (secondary N) is 1. The molecule has 0 saturated heterocycles. The minimum atomic E-state index is -0.222. The molecule has 0 fully saturated rings. The van der Waals surface area contributed by atoms with E-state index < -0.39 is 0 Å². The average Bonchev–Trinajstić information content (AvgIpc) is 3.22. The molecule has 31 heavy (non-hydrogen) atoms. The third kappa shape index (κ3) is 4.77. The molecule has 1 N–H and O–H groups in total. The number of nitrogens with zero attached hydrogens (tertiary/aromatic N) is 2. The second-order valence-corrected chi connectivity index (χ2v) is 7.62. The smallest absolute Gasteiger partial charge is 0.255 e. The molecule has 0 unspecified atom stereocenters. The number of carbonyl (C=O) groups excluding carboxylic acids is 1. The second-order valence-electron chi connectivity index (χ2n) is 7.19. The zero-order chi connectivity index (χ0) is 22.5. The molecule has 8 heteroatoms. The van der Waals surface area contributed by atoms with E-state index in [1.807, 2.05) is 26.0 Å². The third-order valence-electron chi connectivity index (χ3n) is 4.90. The Morgan fingerprint density at radius 3 is 2.23 bits per heavy atom. The molecular formula is C23H26ClN3O4. The lowest BCUT2D eigenvalue weighted by molar-refractivity contribution is 0.0949. The second kappa shape index (κ2) is 9.75. The molecule has 0 aliphatic heterocycles. The summed E-state index contributed by atoms with van der Waals surface area (Å²) in [6.07, 6.45) is 1.59. The number of amides is 1. The molecular weight excluding hydrogens is 418 g/mol. The van der Waals surface area contributed by atoms with Crippen LogP contribution < -0.4 is 19.5 Å². The van der Waals surface area contributed by atoms with Crippen molar-refractivity contribution in [3.05, 3.63) is 64.4 Å². The van der Waals surface area contributed by atoms with Crippen LogP contribution >= 0.6 is 11.6 Å². The summed E-state index contributed by atoms with van der Waals surface area (Å²) in [4.78, 5) is 13.0. The van der Waals surface area contributed by atoms with Crippen molar-refractivity contribution in [2.45, 2.75) is 26.3 Å². The van der Waals surface area contributed by atoms with E-state index in [2.05, 4.69) is 10.4 Å². The molecule has 7 nitrogen and oxygen atoms in total. The predicted octanol–water partition coefficient (Wildman–Crippen LogP) is 4.60. The first-order chi connectivity index (χ1) is 14.9. The average molecular weight is 444 g/mol. The van der Waals surface area contributed by atoms with Gasteiger partial charge in [-0.1, -0.05) is 25.4 Å². The number of carbonyl (C=O) groups is 1. The van der Waals surface area contributed by atoms with Gasteiger partial charge >= 0.3 is 0 Å². The molecule has 1 heterocycles. The normalized spacial score (nSPS) is 10.8. The van der Waals surface area contributed by atoms with Gasteiger partial charge in [0, 0.05) is 23.2 Å². The van der Waals surface area contributed by atoms with Crippen LogP contribution in [0.2, 0.25) is 5.02 Å². The molecule has 0 saturated carbocycles. The lowest BCUT2D eigenvalue weighted by Gasteiger charge is -2.15. The number of rotatable bonds is 8. The topological polar surface area (TPSA) is 74.6 Å². The van der Waals surface area contributed by atoms with Crippen molar-refractivity contribution >= 4 is 17.5 Å². The lowest BCUT2D eigenvalue weighted by Crippen LogP contribution is -2.24. The van der Waals surface area contributed by atoms with E-state index >= 15 is 0 Å². The summed E-state index contributed by atoms with van der Waals surface area (Å²) < 4.78 is 17.9. The van der Waals surface area contributed by atoms with Gasteiger partial charge in [0.15, 0.2) is 11.5 Å². The first-order valence-electron chi connectivity index (χ1n) is 9.80. The van der Waals surface area contributed by atoms with Gasteiger partial charge in [-0.15, -0.1) is 0 Å². The Kier molecular flexibility index (Phi) is 7.07. The number of hydrogen-bond acceptors (Lipinski definition) is 5. The van der Waals surface area contributed by atoms with Gasteiger partial charge in [0.05, 0.1) is 44.5 Å². The fourth-order valence-electron chi connectivity index (χ4n) is 3.38. The summed E-state index contributed by atoms with van der Waals surface area (Å²) in [6, 6.07) is 10.9. The molecule has 0 spiro atoms. The summed E-state index contributed by atoms with van der Waals surface area (Å²) >= 11 is 6.00. The Hall–Kier alpha value is -3.19. The van der Waals surface area contributed by atoms with Crippen LogP contribution in [0.5, 0.6) is 17.2 Å². The zero-order valence-corrected chi connectivity index (χ0v) is 19.0. The van der Waals surface area contributed by atoms with Gasteiger partial charge in [-0.3, -0.25) is 4.79 Å². The van der Waals surface area contributed by atoms with E-state index in [1.54, 1.807) is 56.5 Å². The van der Waals surface area contributed by atoms with Crippen LogP contribution in [-0.2, 0) is 6.54 Å². The first-order valence-corrected chi connectivity index (χ1v) is 10.2. The molecule has 1 amide bonds. The van der Waals surface area contributed by atoms with Gasteiger partial charge < -0.3 is 19.5 Å². The molecule has 0 aliphatic rings. The number of aromatic nitrogens is 2. The summed E-state index contributed by atoms with van der Waals surface area (Å²) in [5, 5.41) is 8.05. The number of benzene rings is 2. The van der Waals surface area contributed by atoms with Crippen LogP contribution in [0.1, 0.15) is 41.4 Å². The van der Waals surface area contributed by atoms with Crippen molar-refractivity contribution in [1.82, 2.24) is 15.1 Å². The highest BCUT2D eigenvalue weighted by atomic mass is 35.5. The molecule has 1 aromatic heterocycles. The maximum atomic E-state index is 13.0. The van der Waals surface area contributed by atoms with Crippen LogP contribution in [-0.4, -0.2) is 37.0 Å². The van der Waals surface area contributed by atoms with E-state index in [4.69, 9.17) is 25.8 Å². The van der Waals surface area contributed by atoms with Gasteiger partial charge in [0.1, 0.15) is 5.75 Å². The highest BCUT2D eigenvalue weighted by molar-refractivity contribution is 6.30. The SMILES string of the molecule is COc1cc(OC)c(OC)cc1CNC(=O)c1cnn(-c2ccc(Cl)cc2)c1C(C)C. The molecule has 164 valence electrons. The van der Waals surface area contributed by atoms with Crippen LogP contribution in [0, 0.1) is 0 Å². The molecule has 0 aliphatic carbocycles. The molecule has 0 bridgehead atoms. The van der Waals surface area contributed by atoms with Crippen molar-refractivity contribution in [3.63, 3.8) is 0 Å². The molecule has 3 rings (SSSR count). The van der Waals surface area contributed by atoms with E-state index in [0.29, 0.717) is 27.8 Å². The Bertz CT molecular complexity index is 1060. The highest BCUT2D eigenvalue weighted by Crippen LogP contribution is 2.34. The number of ether oxygens (including phenoxy) is 3. The van der Waals surface area contributed by atoms with Gasteiger partial charge in [0.2, 0.25) is 0 Å². The minimum absolute atomic E-state index is 0.0783. The van der Waals surface area contributed by atoms with Crippen molar-refractivity contribution in [3.8, 4) is 22.9 Å². The molecule has 3 aromatic rings. The van der Waals surface area contributed by atoms with Crippen molar-refractivity contribution in [2.24, 2.45) is 0 Å². The summed E-state index contributed by atoms with van der Waals surface area (Å²) in [6.45, 7) is 4.31. The summed E-state index contributed by atoms with van der Waals surface area (Å²) in [7, 11) is 4.69. The maximum Gasteiger partial charge on any atom is 0.255 e. The van der Waals surface area contributed by atoms with E-state index in [1.165, 1.54) is 0 Å². The van der Waals surface area contributed by atoms with Crippen LogP contribution in [0.15, 0.2) is 42.6 Å². The summed E-state index contributed by atoms with van der Waals surface area (Å²) in [5.41, 5.74) is 2.95. The molecule has 0 atom stereocenters. The van der Waals surface area contributed by atoms with Gasteiger partial charge in [0.25, 0.3) is 5.91 Å². The molecule has 2 aromatic carbocycles. The highest BCUT2D eigenvalue weighted by Gasteiger charge is 2.21. The molecule has 0 radical (unpaired) electrons. The Morgan fingerprint density at radius 1 is 1.03 bits per heavy atom. The van der Waals surface area contributed by atoms with E-state index in [9.17, 15) is 4.79 Å². The minimum Gasteiger partial charge on any atom is -0.496 e. The zero-order valence-electron chi connectivity index (χ0n) is 18.2. The first kappa shape index (κ1) is 22.5. The fourth-order valence-corrected chi connectivity index (χ4v) is 3.50. The van der Waals surface area contributed by atoms with Crippen molar-refractivity contribution < 1.29 is 19.0 Å². The predicted molar refractivity (Wildman–Crippen MR) is 120 cm³/mol. The summed E-state index contributed by atoms with van der Waals surface area (Å²) in [5.74, 6) is 1.57. The van der Waals surface area contributed by atoms with Gasteiger partial charge in [-0.25, -0.2) is 4.68 Å². The maximum absolute atomic E-state index is 13.0. The Labute approximate surface area is 186 Å². The van der Waals surface area contributed by atoms with E-state index in [0.717, 1.165) is 16.9 Å². The standard InChI is InChI=1S/C23H26ClN3O4/c1-14(2)22-18(13-26-27(22)17-8-6-16(24)7-9-17)23(28)25-12-15-10-20(30-4)21(31-5)11-19(15)29-3/h6-11,13-14H,12H2,1-5H3,(H,25,28). The van der Waals surface area contributed by atoms with Gasteiger partial charge in [-0.05, 0) is 36.2 Å². The number of halogens is 1. The fraction of sp³-hybridized carbons (Fsp3) is 0.304. The van der Waals surface area contributed by atoms with Crippen molar-refractivity contribution in [2.75, 3.05) is 21.3 Å². The van der Waals surface area contributed by atoms with Crippen LogP contribution in [0.4, 0.5) is 0 Å².